The van der Waals surface area contributed by atoms with Crippen molar-refractivity contribution in [3.8, 4) is 11.4 Å². The number of para-hydroxylation sites is 1. The Bertz CT molecular complexity index is 1200. The maximum absolute atomic E-state index is 11.2. The number of nitrogens with zero attached hydrogens (tertiary/aromatic N) is 2. The average Bonchev–Trinajstić information content (AvgIpc) is 3.19. The Kier molecular flexibility index (Phi) is 7.25. The second kappa shape index (κ2) is 10.7. The zero-order valence-corrected chi connectivity index (χ0v) is 19.1. The first-order valence-corrected chi connectivity index (χ1v) is 11.3. The van der Waals surface area contributed by atoms with Gasteiger partial charge in [0.1, 0.15) is 5.75 Å². The summed E-state index contributed by atoms with van der Waals surface area (Å²) in [6.07, 6.45) is 3.07. The SMILES string of the molecule is COC(=O)CCCCCOc1ccc2nc(Nc3ccccc3)n(-c3ccc(C)cc3)c2c1. The van der Waals surface area contributed by atoms with Gasteiger partial charge in [0.15, 0.2) is 0 Å². The fourth-order valence-electron chi connectivity index (χ4n) is 3.67. The van der Waals surface area contributed by atoms with Crippen molar-refractivity contribution in [3.63, 3.8) is 0 Å². The van der Waals surface area contributed by atoms with Gasteiger partial charge in [0.2, 0.25) is 5.95 Å². The highest BCUT2D eigenvalue weighted by Crippen LogP contribution is 2.30. The molecule has 0 spiro atoms. The van der Waals surface area contributed by atoms with Crippen LogP contribution in [0.3, 0.4) is 0 Å². The van der Waals surface area contributed by atoms with Gasteiger partial charge in [0.05, 0.1) is 24.8 Å². The van der Waals surface area contributed by atoms with Crippen LogP contribution in [0.4, 0.5) is 11.6 Å². The second-order valence-corrected chi connectivity index (χ2v) is 7.98. The largest absolute Gasteiger partial charge is 0.494 e. The third kappa shape index (κ3) is 5.71. The van der Waals surface area contributed by atoms with E-state index in [0.29, 0.717) is 13.0 Å². The molecule has 3 aromatic carbocycles. The predicted octanol–water partition coefficient (Wildman–Crippen LogP) is 6.19. The van der Waals surface area contributed by atoms with Crippen LogP contribution < -0.4 is 10.1 Å². The van der Waals surface area contributed by atoms with E-state index in [1.807, 2.05) is 48.5 Å². The van der Waals surface area contributed by atoms with Crippen molar-refractivity contribution in [3.05, 3.63) is 78.4 Å². The molecule has 170 valence electrons. The number of hydrogen-bond donors (Lipinski definition) is 1. The number of unbranched alkanes of at least 4 members (excludes halogenated alkanes) is 2. The Morgan fingerprint density at radius 3 is 2.52 bits per heavy atom. The summed E-state index contributed by atoms with van der Waals surface area (Å²) in [5, 5.41) is 3.45. The van der Waals surface area contributed by atoms with Crippen LogP contribution >= 0.6 is 0 Å². The molecule has 6 nitrogen and oxygen atoms in total. The minimum absolute atomic E-state index is 0.161. The lowest BCUT2D eigenvalue weighted by molar-refractivity contribution is -0.140. The molecule has 0 aliphatic carbocycles. The summed E-state index contributed by atoms with van der Waals surface area (Å²) in [7, 11) is 1.42. The molecule has 0 fully saturated rings. The fourth-order valence-corrected chi connectivity index (χ4v) is 3.67. The molecule has 4 rings (SSSR count). The molecule has 0 radical (unpaired) electrons. The molecule has 0 bridgehead atoms. The van der Waals surface area contributed by atoms with Crippen molar-refractivity contribution < 1.29 is 14.3 Å². The van der Waals surface area contributed by atoms with Crippen LogP contribution in [0.5, 0.6) is 5.75 Å². The quantitative estimate of drug-likeness (QED) is 0.234. The molecule has 0 saturated heterocycles. The Morgan fingerprint density at radius 2 is 1.76 bits per heavy atom. The first-order chi connectivity index (χ1) is 16.1. The van der Waals surface area contributed by atoms with E-state index in [-0.39, 0.29) is 5.97 Å². The number of imidazole rings is 1. The molecule has 0 saturated carbocycles. The lowest BCUT2D eigenvalue weighted by Gasteiger charge is -2.12. The first kappa shape index (κ1) is 22.4. The van der Waals surface area contributed by atoms with Crippen LogP contribution in [0.15, 0.2) is 72.8 Å². The van der Waals surface area contributed by atoms with Crippen molar-refractivity contribution in [1.82, 2.24) is 9.55 Å². The molecular weight excluding hydrogens is 414 g/mol. The number of fused-ring (bicyclic) bond motifs is 1. The summed E-state index contributed by atoms with van der Waals surface area (Å²) in [5.41, 5.74) is 5.07. The minimum Gasteiger partial charge on any atom is -0.494 e. The number of rotatable bonds is 10. The maximum atomic E-state index is 11.2. The number of methoxy groups -OCH3 is 1. The van der Waals surface area contributed by atoms with Crippen LogP contribution in [0, 0.1) is 6.92 Å². The molecule has 1 aromatic heterocycles. The van der Waals surface area contributed by atoms with E-state index < -0.39 is 0 Å². The van der Waals surface area contributed by atoms with E-state index >= 15 is 0 Å². The number of hydrogen-bond acceptors (Lipinski definition) is 5. The van der Waals surface area contributed by atoms with Gasteiger partial charge >= 0.3 is 5.97 Å². The zero-order valence-electron chi connectivity index (χ0n) is 19.1. The normalized spacial score (nSPS) is 10.8. The molecule has 0 amide bonds. The number of benzene rings is 3. The van der Waals surface area contributed by atoms with E-state index in [4.69, 9.17) is 9.72 Å². The molecule has 4 aromatic rings. The molecule has 0 atom stereocenters. The monoisotopic (exact) mass is 443 g/mol. The van der Waals surface area contributed by atoms with E-state index in [9.17, 15) is 4.79 Å². The number of aromatic nitrogens is 2. The molecular formula is C27H29N3O3. The maximum Gasteiger partial charge on any atom is 0.305 e. The van der Waals surface area contributed by atoms with Crippen molar-refractivity contribution in [2.75, 3.05) is 19.0 Å². The van der Waals surface area contributed by atoms with Gasteiger partial charge in [-0.05, 0) is 62.6 Å². The lowest BCUT2D eigenvalue weighted by Crippen LogP contribution is -2.02. The molecule has 0 aliphatic heterocycles. The average molecular weight is 444 g/mol. The molecule has 0 unspecified atom stereocenters. The Morgan fingerprint density at radius 1 is 0.970 bits per heavy atom. The van der Waals surface area contributed by atoms with Gasteiger partial charge in [-0.1, -0.05) is 35.9 Å². The topological polar surface area (TPSA) is 65.4 Å². The fraction of sp³-hybridized carbons (Fsp3) is 0.259. The van der Waals surface area contributed by atoms with Crippen LogP contribution in [-0.4, -0.2) is 29.2 Å². The van der Waals surface area contributed by atoms with E-state index in [1.54, 1.807) is 0 Å². The molecule has 6 heteroatoms. The van der Waals surface area contributed by atoms with E-state index in [1.165, 1.54) is 12.7 Å². The molecule has 1 heterocycles. The summed E-state index contributed by atoms with van der Waals surface area (Å²) in [5.74, 6) is 1.39. The van der Waals surface area contributed by atoms with Crippen LogP contribution in [0.2, 0.25) is 0 Å². The molecule has 33 heavy (non-hydrogen) atoms. The number of esters is 1. The van der Waals surface area contributed by atoms with E-state index in [0.717, 1.165) is 53.4 Å². The lowest BCUT2D eigenvalue weighted by atomic mass is 10.2. The predicted molar refractivity (Wildman–Crippen MR) is 132 cm³/mol. The van der Waals surface area contributed by atoms with Gasteiger partial charge in [-0.15, -0.1) is 0 Å². The van der Waals surface area contributed by atoms with Crippen molar-refractivity contribution in [1.29, 1.82) is 0 Å². The van der Waals surface area contributed by atoms with Gasteiger partial charge in [-0.25, -0.2) is 4.98 Å². The number of carbonyl (C=O) groups excluding carboxylic acids is 1. The second-order valence-electron chi connectivity index (χ2n) is 7.98. The molecule has 0 aliphatic rings. The number of nitrogens with one attached hydrogen (secondary N) is 1. The number of ether oxygens (including phenoxy) is 2. The summed E-state index contributed by atoms with van der Waals surface area (Å²) in [6, 6.07) is 24.4. The first-order valence-electron chi connectivity index (χ1n) is 11.3. The number of anilines is 2. The summed E-state index contributed by atoms with van der Waals surface area (Å²) in [6.45, 7) is 2.68. The smallest absolute Gasteiger partial charge is 0.305 e. The van der Waals surface area contributed by atoms with E-state index in [2.05, 4.69) is 45.8 Å². The third-order valence-electron chi connectivity index (χ3n) is 5.47. The highest BCUT2D eigenvalue weighted by atomic mass is 16.5. The van der Waals surface area contributed by atoms with Crippen molar-refractivity contribution in [2.45, 2.75) is 32.6 Å². The van der Waals surface area contributed by atoms with Crippen LogP contribution in [0.25, 0.3) is 16.7 Å². The summed E-state index contributed by atoms with van der Waals surface area (Å²) in [4.78, 5) is 16.1. The minimum atomic E-state index is -0.161. The van der Waals surface area contributed by atoms with Crippen molar-refractivity contribution in [2.24, 2.45) is 0 Å². The van der Waals surface area contributed by atoms with Gasteiger partial charge < -0.3 is 14.8 Å². The number of aryl methyl sites for hydroxylation is 1. The zero-order chi connectivity index (χ0) is 23.0. The van der Waals surface area contributed by atoms with Crippen LogP contribution in [0.1, 0.15) is 31.2 Å². The standard InChI is InChI=1S/C27H29N3O3/c1-20-12-14-22(15-13-20)30-25-19-23(33-18-8-4-7-11-26(31)32-2)16-17-24(25)29-27(30)28-21-9-5-3-6-10-21/h3,5-6,9-10,12-17,19H,4,7-8,11,18H2,1-2H3,(H,28,29). The van der Waals surface area contributed by atoms with Crippen LogP contribution in [-0.2, 0) is 9.53 Å². The molecule has 1 N–H and O–H groups in total. The van der Waals surface area contributed by atoms with Crippen molar-refractivity contribution >= 4 is 28.6 Å². The highest BCUT2D eigenvalue weighted by molar-refractivity contribution is 5.83. The Hall–Kier alpha value is -3.80. The summed E-state index contributed by atoms with van der Waals surface area (Å²) < 4.78 is 12.8. The van der Waals surface area contributed by atoms with Gasteiger partial charge in [-0.3, -0.25) is 9.36 Å². The summed E-state index contributed by atoms with van der Waals surface area (Å²) >= 11 is 0. The Labute approximate surface area is 194 Å². The van der Waals surface area contributed by atoms with Gasteiger partial charge in [0, 0.05) is 23.9 Å². The highest BCUT2D eigenvalue weighted by Gasteiger charge is 2.14. The number of carbonyl (C=O) groups is 1. The van der Waals surface area contributed by atoms with Gasteiger partial charge in [0.25, 0.3) is 0 Å². The third-order valence-corrected chi connectivity index (χ3v) is 5.47. The Balaban J connectivity index is 1.55. The van der Waals surface area contributed by atoms with Gasteiger partial charge in [-0.2, -0.15) is 0 Å².